The fourth-order valence-electron chi connectivity index (χ4n) is 3.34. The minimum absolute atomic E-state index is 0.584. The minimum Gasteiger partial charge on any atom is -0.393 e. The summed E-state index contributed by atoms with van der Waals surface area (Å²) in [5.41, 5.74) is 4.46. The van der Waals surface area contributed by atoms with Gasteiger partial charge in [-0.05, 0) is 48.8 Å². The van der Waals surface area contributed by atoms with Crippen LogP contribution in [0.15, 0.2) is 47.2 Å². The van der Waals surface area contributed by atoms with Crippen LogP contribution in [0, 0.1) is 17.2 Å². The third kappa shape index (κ3) is 1.96. The Labute approximate surface area is 109 Å². The summed E-state index contributed by atoms with van der Waals surface area (Å²) >= 11 is 0. The molecule has 2 N–H and O–H groups in total. The molecule has 2 nitrogen and oxygen atoms in total. The SMILES string of the molecule is CN/C=C1C=C(/C=C2/[C@@H]3CCC[C@H]2C3)C=CC/1=N. The summed E-state index contributed by atoms with van der Waals surface area (Å²) in [6.07, 6.45) is 15.9. The van der Waals surface area contributed by atoms with Gasteiger partial charge >= 0.3 is 0 Å². The van der Waals surface area contributed by atoms with Gasteiger partial charge in [-0.25, -0.2) is 0 Å². The highest BCUT2D eigenvalue weighted by Crippen LogP contribution is 2.50. The van der Waals surface area contributed by atoms with Crippen LogP contribution in [0.1, 0.15) is 25.7 Å². The van der Waals surface area contributed by atoms with Crippen LogP contribution in [0.4, 0.5) is 0 Å². The van der Waals surface area contributed by atoms with Crippen molar-refractivity contribution < 1.29 is 0 Å². The molecule has 0 amide bonds. The van der Waals surface area contributed by atoms with Crippen molar-refractivity contribution in [3.05, 3.63) is 47.2 Å². The van der Waals surface area contributed by atoms with E-state index in [0.29, 0.717) is 5.71 Å². The Morgan fingerprint density at radius 2 is 2.06 bits per heavy atom. The van der Waals surface area contributed by atoms with Crippen LogP contribution in [0.25, 0.3) is 0 Å². The van der Waals surface area contributed by atoms with Gasteiger partial charge < -0.3 is 10.7 Å². The van der Waals surface area contributed by atoms with Crippen molar-refractivity contribution in [3.63, 3.8) is 0 Å². The molecule has 3 aliphatic carbocycles. The fraction of sp³-hybridized carbons (Fsp3) is 0.438. The molecule has 2 bridgehead atoms. The average Bonchev–Trinajstić information content (AvgIpc) is 2.40. The van der Waals surface area contributed by atoms with Gasteiger partial charge in [0.1, 0.15) is 0 Å². The molecule has 94 valence electrons. The second kappa shape index (κ2) is 4.60. The van der Waals surface area contributed by atoms with Crippen molar-refractivity contribution in [2.45, 2.75) is 25.7 Å². The molecular weight excluding hydrogens is 220 g/mol. The van der Waals surface area contributed by atoms with E-state index in [1.807, 2.05) is 19.3 Å². The lowest BCUT2D eigenvalue weighted by Crippen LogP contribution is -2.32. The van der Waals surface area contributed by atoms with Gasteiger partial charge in [0.05, 0.1) is 5.71 Å². The summed E-state index contributed by atoms with van der Waals surface area (Å²) in [5.74, 6) is 1.72. The van der Waals surface area contributed by atoms with Gasteiger partial charge in [0.25, 0.3) is 0 Å². The van der Waals surface area contributed by atoms with Crippen LogP contribution in [0.2, 0.25) is 0 Å². The van der Waals surface area contributed by atoms with Crippen molar-refractivity contribution in [1.82, 2.24) is 5.32 Å². The smallest absolute Gasteiger partial charge is 0.0627 e. The standard InChI is InChI=1S/C16H20N2/c1-18-10-14-7-11(5-6-16(14)17)8-15-12-3-2-4-13(15)9-12/h5-8,10,12-13,17-18H,2-4,9H2,1H3/b14-10-,15-8-,17-16?/t12-,13+/m1/s1. The monoisotopic (exact) mass is 240 g/mol. The largest absolute Gasteiger partial charge is 0.393 e. The van der Waals surface area contributed by atoms with Gasteiger partial charge in [0, 0.05) is 18.8 Å². The molecule has 3 rings (SSSR count). The predicted octanol–water partition coefficient (Wildman–Crippen LogP) is 3.35. The van der Waals surface area contributed by atoms with E-state index in [0.717, 1.165) is 17.4 Å². The lowest BCUT2D eigenvalue weighted by atomic mass is 9.61. The molecule has 0 aromatic rings. The molecule has 0 heterocycles. The maximum absolute atomic E-state index is 7.85. The molecule has 0 radical (unpaired) electrons. The molecule has 3 aliphatic rings. The zero-order chi connectivity index (χ0) is 12.5. The Morgan fingerprint density at radius 3 is 2.72 bits per heavy atom. The molecule has 18 heavy (non-hydrogen) atoms. The van der Waals surface area contributed by atoms with E-state index in [-0.39, 0.29) is 0 Å². The topological polar surface area (TPSA) is 35.9 Å². The number of hydrogen-bond donors (Lipinski definition) is 2. The van der Waals surface area contributed by atoms with Gasteiger partial charge in [-0.2, -0.15) is 0 Å². The van der Waals surface area contributed by atoms with Crippen LogP contribution in [-0.2, 0) is 0 Å². The van der Waals surface area contributed by atoms with E-state index in [1.165, 1.54) is 31.3 Å². The summed E-state index contributed by atoms with van der Waals surface area (Å²) in [7, 11) is 1.88. The van der Waals surface area contributed by atoms with Crippen LogP contribution in [0.5, 0.6) is 0 Å². The molecule has 2 fully saturated rings. The summed E-state index contributed by atoms with van der Waals surface area (Å²) in [6.45, 7) is 0. The Balaban J connectivity index is 1.83. The van der Waals surface area contributed by atoms with E-state index < -0.39 is 0 Å². The average molecular weight is 240 g/mol. The highest BCUT2D eigenvalue weighted by atomic mass is 14.8. The van der Waals surface area contributed by atoms with Crippen LogP contribution in [-0.4, -0.2) is 12.8 Å². The Bertz CT molecular complexity index is 475. The minimum atomic E-state index is 0.584. The first-order valence-electron chi connectivity index (χ1n) is 6.85. The normalized spacial score (nSPS) is 34.5. The van der Waals surface area contributed by atoms with Crippen LogP contribution in [0.3, 0.4) is 0 Å². The first-order valence-corrected chi connectivity index (χ1v) is 6.85. The van der Waals surface area contributed by atoms with Crippen molar-refractivity contribution in [2.75, 3.05) is 7.05 Å². The zero-order valence-electron chi connectivity index (χ0n) is 10.9. The number of rotatable bonds is 2. The third-order valence-corrected chi connectivity index (χ3v) is 4.33. The lowest BCUT2D eigenvalue weighted by molar-refractivity contribution is 0.215. The van der Waals surface area contributed by atoms with Crippen molar-refractivity contribution >= 4 is 5.71 Å². The first kappa shape index (κ1) is 11.5. The molecule has 0 saturated heterocycles. The summed E-state index contributed by atoms with van der Waals surface area (Å²) < 4.78 is 0. The van der Waals surface area contributed by atoms with E-state index >= 15 is 0 Å². The maximum Gasteiger partial charge on any atom is 0.0627 e. The highest BCUT2D eigenvalue weighted by molar-refractivity contribution is 6.09. The van der Waals surface area contributed by atoms with Crippen LogP contribution < -0.4 is 5.32 Å². The lowest BCUT2D eigenvalue weighted by Gasteiger charge is -2.44. The third-order valence-electron chi connectivity index (χ3n) is 4.33. The van der Waals surface area contributed by atoms with E-state index in [1.54, 1.807) is 5.57 Å². The second-order valence-electron chi connectivity index (χ2n) is 5.48. The molecule has 0 spiro atoms. The molecule has 0 aromatic carbocycles. The Morgan fingerprint density at radius 1 is 1.28 bits per heavy atom. The number of nitrogens with one attached hydrogen (secondary N) is 2. The molecule has 0 unspecified atom stereocenters. The molecule has 0 aromatic heterocycles. The van der Waals surface area contributed by atoms with E-state index in [4.69, 9.17) is 5.41 Å². The number of allylic oxidation sites excluding steroid dienone is 7. The number of hydrogen-bond acceptors (Lipinski definition) is 2. The maximum atomic E-state index is 7.85. The second-order valence-corrected chi connectivity index (χ2v) is 5.48. The highest BCUT2D eigenvalue weighted by Gasteiger charge is 2.37. The quantitative estimate of drug-likeness (QED) is 0.763. The zero-order valence-corrected chi connectivity index (χ0v) is 10.9. The van der Waals surface area contributed by atoms with Gasteiger partial charge in [0.15, 0.2) is 0 Å². The summed E-state index contributed by atoms with van der Waals surface area (Å²) in [6, 6.07) is 0. The molecule has 0 aliphatic heterocycles. The van der Waals surface area contributed by atoms with Gasteiger partial charge in [0.2, 0.25) is 0 Å². The number of fused-ring (bicyclic) bond motifs is 2. The summed E-state index contributed by atoms with van der Waals surface area (Å²) in [4.78, 5) is 0. The molecule has 2 atom stereocenters. The molecular formula is C16H20N2. The Kier molecular flexibility index (Phi) is 2.94. The van der Waals surface area contributed by atoms with Crippen LogP contribution >= 0.6 is 0 Å². The molecule has 2 saturated carbocycles. The van der Waals surface area contributed by atoms with Gasteiger partial charge in [-0.1, -0.05) is 24.1 Å². The molecule has 2 heteroatoms. The predicted molar refractivity (Wildman–Crippen MR) is 75.6 cm³/mol. The van der Waals surface area contributed by atoms with Crippen molar-refractivity contribution in [2.24, 2.45) is 11.8 Å². The van der Waals surface area contributed by atoms with Gasteiger partial charge in [-0.15, -0.1) is 0 Å². The summed E-state index contributed by atoms with van der Waals surface area (Å²) in [5, 5.41) is 10.9. The van der Waals surface area contributed by atoms with E-state index in [9.17, 15) is 0 Å². The van der Waals surface area contributed by atoms with Crippen molar-refractivity contribution in [3.8, 4) is 0 Å². The van der Waals surface area contributed by atoms with E-state index in [2.05, 4.69) is 23.5 Å². The first-order chi connectivity index (χ1) is 8.78. The van der Waals surface area contributed by atoms with Gasteiger partial charge in [-0.3, -0.25) is 0 Å². The fourth-order valence-corrected chi connectivity index (χ4v) is 3.34. The van der Waals surface area contributed by atoms with Crippen molar-refractivity contribution in [1.29, 1.82) is 5.41 Å². The Hall–Kier alpha value is -1.57.